The second-order valence-electron chi connectivity index (χ2n) is 12.7. The van der Waals surface area contributed by atoms with Crippen LogP contribution >= 0.6 is 0 Å². The maximum atomic E-state index is 14.0. The average molecular weight is 771 g/mol. The lowest BCUT2D eigenvalue weighted by Crippen LogP contribution is -2.62. The van der Waals surface area contributed by atoms with Crippen molar-refractivity contribution >= 4 is 23.0 Å². The van der Waals surface area contributed by atoms with Crippen LogP contribution in [0.2, 0.25) is 0 Å². The molecule has 8 unspecified atom stereocenters. The van der Waals surface area contributed by atoms with Gasteiger partial charge in [-0.1, -0.05) is 6.07 Å². The first-order valence-electron chi connectivity index (χ1n) is 16.6. The highest BCUT2D eigenvalue weighted by Gasteiger charge is 2.54. The standard InChI is InChI=1S/C37H38O18/c1-48-20-12-22(41)27-24(13-20)52-31(18-5-7-19(39)8-6-18)32(29(27)44)54-35-33(30(45)28(43)25(14-38)53-35)55-36-34(46)37(47,16-51-36)15-50-26(42)10-4-17-3-9-21(40)23(11-17)49-2/h3-13,25,28,30,33-36,38-41,43,45-47H,14-16H2,1-2H3. The molecule has 2 fully saturated rings. The van der Waals surface area contributed by atoms with E-state index < -0.39 is 91.4 Å². The van der Waals surface area contributed by atoms with Gasteiger partial charge in [0.05, 0.1) is 27.4 Å². The second-order valence-corrected chi connectivity index (χ2v) is 12.7. The van der Waals surface area contributed by atoms with Crippen LogP contribution in [0.3, 0.4) is 0 Å². The van der Waals surface area contributed by atoms with Gasteiger partial charge in [-0.2, -0.15) is 0 Å². The first-order chi connectivity index (χ1) is 26.3. The summed E-state index contributed by atoms with van der Waals surface area (Å²) in [6.45, 7) is -2.24. The molecule has 18 nitrogen and oxygen atoms in total. The fourth-order valence-corrected chi connectivity index (χ4v) is 5.96. The molecule has 2 aliphatic heterocycles. The lowest BCUT2D eigenvalue weighted by molar-refractivity contribution is -0.319. The SMILES string of the molecule is COc1cc(O)c2c(=O)c(OC3OC(CO)C(O)C(O)C3OC3OCC(O)(COC(=O)C=Cc4ccc(O)c(OC)c4)C3O)c(-c3ccc(O)cc3)oc2c1. The van der Waals surface area contributed by atoms with Gasteiger partial charge in [0.15, 0.2) is 35.3 Å². The van der Waals surface area contributed by atoms with E-state index in [1.54, 1.807) is 0 Å². The van der Waals surface area contributed by atoms with Gasteiger partial charge in [-0.25, -0.2) is 4.79 Å². The number of carbonyl (C=O) groups excluding carboxylic acids is 1. The van der Waals surface area contributed by atoms with Crippen molar-refractivity contribution in [2.45, 2.75) is 48.7 Å². The molecule has 0 amide bonds. The summed E-state index contributed by atoms with van der Waals surface area (Å²) < 4.78 is 44.4. The summed E-state index contributed by atoms with van der Waals surface area (Å²) in [6.07, 6.45) is -10.2. The van der Waals surface area contributed by atoms with Gasteiger partial charge in [-0.3, -0.25) is 4.79 Å². The Hall–Kier alpha value is -5.44. The van der Waals surface area contributed by atoms with Crippen LogP contribution in [-0.4, -0.2) is 130 Å². The Morgan fingerprint density at radius 1 is 0.945 bits per heavy atom. The summed E-state index contributed by atoms with van der Waals surface area (Å²) in [5.41, 5.74) is -2.60. The number of carbonyl (C=O) groups is 1. The molecule has 6 rings (SSSR count). The number of esters is 1. The third-order valence-corrected chi connectivity index (χ3v) is 9.01. The molecule has 0 bridgehead atoms. The number of benzene rings is 3. The Morgan fingerprint density at radius 2 is 1.69 bits per heavy atom. The molecular weight excluding hydrogens is 732 g/mol. The average Bonchev–Trinajstić information content (AvgIpc) is 3.46. The number of methoxy groups -OCH3 is 2. The predicted molar refractivity (Wildman–Crippen MR) is 186 cm³/mol. The molecule has 294 valence electrons. The molecule has 18 heteroatoms. The number of hydrogen-bond acceptors (Lipinski definition) is 18. The Bertz CT molecular complexity index is 2100. The van der Waals surface area contributed by atoms with Gasteiger partial charge < -0.3 is 78.4 Å². The number of aliphatic hydroxyl groups is 5. The Balaban J connectivity index is 1.25. The van der Waals surface area contributed by atoms with Gasteiger partial charge >= 0.3 is 5.97 Å². The number of aliphatic hydroxyl groups excluding tert-OH is 4. The van der Waals surface area contributed by atoms with Crippen LogP contribution in [0.25, 0.3) is 28.4 Å². The molecule has 0 saturated carbocycles. The number of fused-ring (bicyclic) bond motifs is 1. The second kappa shape index (κ2) is 16.1. The molecule has 1 aromatic heterocycles. The summed E-state index contributed by atoms with van der Waals surface area (Å²) in [7, 11) is 2.69. The van der Waals surface area contributed by atoms with E-state index in [0.29, 0.717) is 5.56 Å². The highest BCUT2D eigenvalue weighted by atomic mass is 16.8. The zero-order valence-corrected chi connectivity index (χ0v) is 29.2. The quantitative estimate of drug-likeness (QED) is 0.0720. The van der Waals surface area contributed by atoms with Crippen molar-refractivity contribution in [2.24, 2.45) is 0 Å². The van der Waals surface area contributed by atoms with E-state index in [-0.39, 0.29) is 45.3 Å². The van der Waals surface area contributed by atoms with E-state index in [9.17, 15) is 50.4 Å². The Labute approximate surface area is 311 Å². The molecular formula is C37H38O18. The van der Waals surface area contributed by atoms with Gasteiger partial charge in [0.2, 0.25) is 17.5 Å². The molecule has 0 aliphatic carbocycles. The van der Waals surface area contributed by atoms with Gasteiger partial charge in [0, 0.05) is 23.8 Å². The molecule has 3 aromatic carbocycles. The van der Waals surface area contributed by atoms with Crippen molar-refractivity contribution in [1.29, 1.82) is 0 Å². The minimum atomic E-state index is -2.23. The third-order valence-electron chi connectivity index (χ3n) is 9.01. The van der Waals surface area contributed by atoms with Crippen LogP contribution in [0.5, 0.6) is 34.5 Å². The van der Waals surface area contributed by atoms with Crippen molar-refractivity contribution in [3.8, 4) is 45.8 Å². The fraction of sp³-hybridized carbons (Fsp3) is 0.351. The van der Waals surface area contributed by atoms with Crippen LogP contribution in [0, 0.1) is 0 Å². The van der Waals surface area contributed by atoms with Gasteiger partial charge in [0.1, 0.15) is 59.2 Å². The zero-order chi connectivity index (χ0) is 39.6. The molecule has 55 heavy (non-hydrogen) atoms. The van der Waals surface area contributed by atoms with E-state index in [2.05, 4.69) is 0 Å². The van der Waals surface area contributed by atoms with Gasteiger partial charge in [0.25, 0.3) is 0 Å². The molecule has 0 radical (unpaired) electrons. The van der Waals surface area contributed by atoms with Crippen molar-refractivity contribution in [3.05, 3.63) is 76.5 Å². The zero-order valence-electron chi connectivity index (χ0n) is 29.2. The maximum absolute atomic E-state index is 14.0. The van der Waals surface area contributed by atoms with Gasteiger partial charge in [-0.05, 0) is 48.0 Å². The molecule has 2 saturated heterocycles. The van der Waals surface area contributed by atoms with Crippen molar-refractivity contribution < 1.29 is 83.2 Å². The topological polar surface area (TPSA) is 274 Å². The highest BCUT2D eigenvalue weighted by Crippen LogP contribution is 2.39. The number of rotatable bonds is 12. The summed E-state index contributed by atoms with van der Waals surface area (Å²) in [6, 6.07) is 12.2. The number of aromatic hydroxyl groups is 3. The largest absolute Gasteiger partial charge is 0.508 e. The molecule has 8 N–H and O–H groups in total. The summed E-state index contributed by atoms with van der Waals surface area (Å²) in [4.78, 5) is 26.5. The summed E-state index contributed by atoms with van der Waals surface area (Å²) in [5, 5.41) is 84.1. The van der Waals surface area contributed by atoms with E-state index in [4.69, 9.17) is 37.6 Å². The normalized spacial score (nSPS) is 26.6. The van der Waals surface area contributed by atoms with E-state index in [1.807, 2.05) is 0 Å². The summed E-state index contributed by atoms with van der Waals surface area (Å²) in [5.74, 6) is -2.18. The van der Waals surface area contributed by atoms with Crippen molar-refractivity contribution in [3.63, 3.8) is 0 Å². The molecule has 2 aliphatic rings. The highest BCUT2D eigenvalue weighted by molar-refractivity contribution is 5.88. The summed E-state index contributed by atoms with van der Waals surface area (Å²) >= 11 is 0. The minimum absolute atomic E-state index is 0.107. The van der Waals surface area contributed by atoms with Crippen LogP contribution in [0.15, 0.2) is 69.9 Å². The Kier molecular flexibility index (Phi) is 11.5. The molecule has 8 atom stereocenters. The first-order valence-corrected chi connectivity index (χ1v) is 16.6. The van der Waals surface area contributed by atoms with E-state index in [1.165, 1.54) is 68.8 Å². The molecule has 4 aromatic rings. The van der Waals surface area contributed by atoms with Crippen LogP contribution < -0.4 is 19.6 Å². The monoisotopic (exact) mass is 770 g/mol. The lowest BCUT2D eigenvalue weighted by Gasteiger charge is -2.42. The van der Waals surface area contributed by atoms with E-state index in [0.717, 1.165) is 12.1 Å². The molecule has 3 heterocycles. The van der Waals surface area contributed by atoms with Crippen LogP contribution in [0.1, 0.15) is 5.56 Å². The third kappa shape index (κ3) is 8.02. The van der Waals surface area contributed by atoms with Crippen molar-refractivity contribution in [1.82, 2.24) is 0 Å². The fourth-order valence-electron chi connectivity index (χ4n) is 5.96. The van der Waals surface area contributed by atoms with E-state index >= 15 is 0 Å². The first kappa shape index (κ1) is 39.3. The lowest BCUT2D eigenvalue weighted by atomic mass is 9.98. The number of ether oxygens (including phenoxy) is 7. The Morgan fingerprint density at radius 3 is 2.38 bits per heavy atom. The maximum Gasteiger partial charge on any atom is 0.330 e. The van der Waals surface area contributed by atoms with Crippen LogP contribution in [0.4, 0.5) is 0 Å². The van der Waals surface area contributed by atoms with Crippen molar-refractivity contribution in [2.75, 3.05) is 34.0 Å². The molecule has 0 spiro atoms. The minimum Gasteiger partial charge on any atom is -0.508 e. The number of phenolic OH excluding ortho intramolecular Hbond substituents is 3. The predicted octanol–water partition coefficient (Wildman–Crippen LogP) is 0.502. The smallest absolute Gasteiger partial charge is 0.330 e. The number of hydrogen-bond donors (Lipinski definition) is 8. The van der Waals surface area contributed by atoms with Crippen LogP contribution in [-0.2, 0) is 23.7 Å². The number of phenols is 3. The van der Waals surface area contributed by atoms with Gasteiger partial charge in [-0.15, -0.1) is 0 Å².